The topological polar surface area (TPSA) is 52.6 Å². The molecule has 0 radical (unpaired) electrons. The molecular formula is C24H30ClN3O2. The summed E-state index contributed by atoms with van der Waals surface area (Å²) >= 11 is 5.83. The number of halogens is 1. The Balaban J connectivity index is 1.37. The maximum Gasteiger partial charge on any atom is 0.220 e. The molecule has 30 heavy (non-hydrogen) atoms. The fourth-order valence-corrected chi connectivity index (χ4v) is 3.71. The highest BCUT2D eigenvalue weighted by Gasteiger charge is 2.15. The molecule has 1 fully saturated rings. The summed E-state index contributed by atoms with van der Waals surface area (Å²) < 4.78 is 0. The minimum Gasteiger partial charge on any atom is -0.352 e. The lowest BCUT2D eigenvalue weighted by molar-refractivity contribution is -0.121. The van der Waals surface area contributed by atoms with Crippen molar-refractivity contribution in [1.82, 2.24) is 15.1 Å². The van der Waals surface area contributed by atoms with E-state index >= 15 is 0 Å². The Morgan fingerprint density at radius 1 is 0.867 bits per heavy atom. The van der Waals surface area contributed by atoms with Crippen LogP contribution in [0.25, 0.3) is 0 Å². The van der Waals surface area contributed by atoms with E-state index in [9.17, 15) is 9.59 Å². The first-order chi connectivity index (χ1) is 14.5. The van der Waals surface area contributed by atoms with Crippen LogP contribution < -0.4 is 5.32 Å². The van der Waals surface area contributed by atoms with Gasteiger partial charge in [0, 0.05) is 62.7 Å². The van der Waals surface area contributed by atoms with Gasteiger partial charge in [-0.05, 0) is 41.9 Å². The summed E-state index contributed by atoms with van der Waals surface area (Å²) in [7, 11) is 0. The molecule has 0 spiro atoms. The number of carbonyl (C=O) groups is 2. The van der Waals surface area contributed by atoms with Crippen molar-refractivity contribution >= 4 is 23.3 Å². The van der Waals surface area contributed by atoms with Crippen molar-refractivity contribution < 1.29 is 9.59 Å². The Hall–Kier alpha value is -2.21. The molecule has 1 aliphatic heterocycles. The second kappa shape index (κ2) is 11.3. The average molecular weight is 428 g/mol. The molecule has 1 N–H and O–H groups in total. The van der Waals surface area contributed by atoms with Crippen LogP contribution in [-0.2, 0) is 17.9 Å². The zero-order valence-electron chi connectivity index (χ0n) is 17.6. The smallest absolute Gasteiger partial charge is 0.220 e. The van der Waals surface area contributed by atoms with Gasteiger partial charge in [0.2, 0.25) is 5.91 Å². The molecule has 1 saturated heterocycles. The van der Waals surface area contributed by atoms with Gasteiger partial charge in [-0.3, -0.25) is 14.5 Å². The van der Waals surface area contributed by atoms with Crippen molar-refractivity contribution in [2.45, 2.75) is 32.9 Å². The number of hydrogen-bond donors (Lipinski definition) is 1. The van der Waals surface area contributed by atoms with Gasteiger partial charge in [0.25, 0.3) is 0 Å². The van der Waals surface area contributed by atoms with E-state index in [0.717, 1.165) is 44.8 Å². The van der Waals surface area contributed by atoms with Crippen molar-refractivity contribution in [2.75, 3.05) is 32.7 Å². The highest BCUT2D eigenvalue weighted by molar-refractivity contribution is 6.30. The molecule has 0 bridgehead atoms. The number of likely N-dealkylation sites (N-methyl/N-ethyl adjacent to an activating group) is 1. The molecule has 3 rings (SSSR count). The lowest BCUT2D eigenvalue weighted by atomic mass is 10.1. The number of benzene rings is 2. The highest BCUT2D eigenvalue weighted by atomic mass is 35.5. The van der Waals surface area contributed by atoms with E-state index in [1.165, 1.54) is 5.56 Å². The van der Waals surface area contributed by atoms with Gasteiger partial charge in [-0.1, -0.05) is 42.8 Å². The molecule has 0 aliphatic carbocycles. The third kappa shape index (κ3) is 6.94. The molecule has 0 atom stereocenters. The predicted octanol–water partition coefficient (Wildman–Crippen LogP) is 3.76. The van der Waals surface area contributed by atoms with Crippen LogP contribution >= 0.6 is 11.6 Å². The predicted molar refractivity (Wildman–Crippen MR) is 121 cm³/mol. The molecule has 6 heteroatoms. The molecule has 1 amide bonds. The van der Waals surface area contributed by atoms with Crippen LogP contribution in [0.1, 0.15) is 41.3 Å². The Morgan fingerprint density at radius 3 is 2.10 bits per heavy atom. The first-order valence-electron chi connectivity index (χ1n) is 10.6. The molecular weight excluding hydrogens is 398 g/mol. The number of nitrogens with one attached hydrogen (secondary N) is 1. The van der Waals surface area contributed by atoms with E-state index < -0.39 is 0 Å². The summed E-state index contributed by atoms with van der Waals surface area (Å²) in [6.07, 6.45) is 0.376. The van der Waals surface area contributed by atoms with Crippen LogP contribution in [0.5, 0.6) is 0 Å². The Labute approximate surface area is 184 Å². The first kappa shape index (κ1) is 22.5. The maximum absolute atomic E-state index is 12.1. The summed E-state index contributed by atoms with van der Waals surface area (Å²) in [5.41, 5.74) is 2.94. The third-order valence-electron chi connectivity index (χ3n) is 5.58. The van der Waals surface area contributed by atoms with Crippen LogP contribution in [0.15, 0.2) is 48.5 Å². The number of rotatable bonds is 9. The molecule has 0 aromatic heterocycles. The van der Waals surface area contributed by atoms with Gasteiger partial charge in [0.05, 0.1) is 0 Å². The van der Waals surface area contributed by atoms with Crippen LogP contribution in [0.2, 0.25) is 5.02 Å². The summed E-state index contributed by atoms with van der Waals surface area (Å²) in [6, 6.07) is 15.2. The van der Waals surface area contributed by atoms with Crippen LogP contribution in [-0.4, -0.2) is 54.2 Å². The summed E-state index contributed by atoms with van der Waals surface area (Å²) in [5.74, 6) is -0.166. The molecule has 2 aromatic rings. The molecule has 1 heterocycles. The van der Waals surface area contributed by atoms with Crippen LogP contribution in [0.4, 0.5) is 0 Å². The van der Waals surface area contributed by atoms with Crippen molar-refractivity contribution in [1.29, 1.82) is 0 Å². The number of ketones is 1. The Morgan fingerprint density at radius 2 is 1.47 bits per heavy atom. The zero-order chi connectivity index (χ0) is 21.3. The van der Waals surface area contributed by atoms with Gasteiger partial charge in [0.1, 0.15) is 0 Å². The van der Waals surface area contributed by atoms with Gasteiger partial charge in [-0.25, -0.2) is 0 Å². The highest BCUT2D eigenvalue weighted by Crippen LogP contribution is 2.13. The fourth-order valence-electron chi connectivity index (χ4n) is 3.58. The van der Waals surface area contributed by atoms with E-state index in [4.69, 9.17) is 11.6 Å². The molecule has 1 aliphatic rings. The number of carbonyl (C=O) groups excluding carboxylic acids is 2. The summed E-state index contributed by atoms with van der Waals surface area (Å²) in [4.78, 5) is 29.2. The monoisotopic (exact) mass is 427 g/mol. The second-order valence-electron chi connectivity index (χ2n) is 7.73. The first-order valence-corrected chi connectivity index (χ1v) is 11.0. The number of hydrogen-bond acceptors (Lipinski definition) is 4. The molecule has 2 aromatic carbocycles. The fraction of sp³-hybridized carbons (Fsp3) is 0.417. The SMILES string of the molecule is CCN1CCN(Cc2ccc(CNC(=O)CCC(=O)c3ccc(Cl)cc3)cc2)CC1. The number of Topliss-reactive ketones (excluding diaryl/α,β-unsaturated/α-hetero) is 1. The Kier molecular flexibility index (Phi) is 8.43. The van der Waals surface area contributed by atoms with Gasteiger partial charge in [-0.15, -0.1) is 0 Å². The summed E-state index contributed by atoms with van der Waals surface area (Å²) in [5, 5.41) is 3.49. The van der Waals surface area contributed by atoms with Crippen molar-refractivity contribution in [2.24, 2.45) is 0 Å². The molecule has 160 valence electrons. The third-order valence-corrected chi connectivity index (χ3v) is 5.83. The van der Waals surface area contributed by atoms with E-state index in [0.29, 0.717) is 17.1 Å². The van der Waals surface area contributed by atoms with Gasteiger partial charge >= 0.3 is 0 Å². The van der Waals surface area contributed by atoms with Gasteiger partial charge < -0.3 is 10.2 Å². The van der Waals surface area contributed by atoms with Crippen molar-refractivity contribution in [3.63, 3.8) is 0 Å². The van der Waals surface area contributed by atoms with Crippen molar-refractivity contribution in [3.8, 4) is 0 Å². The number of nitrogens with zero attached hydrogens (tertiary/aromatic N) is 2. The number of piperazine rings is 1. The second-order valence-corrected chi connectivity index (χ2v) is 8.17. The van der Waals surface area contributed by atoms with E-state index in [2.05, 4.69) is 46.3 Å². The normalized spacial score (nSPS) is 15.1. The Bertz CT molecular complexity index is 829. The van der Waals surface area contributed by atoms with E-state index in [-0.39, 0.29) is 24.5 Å². The minimum atomic E-state index is -0.116. The van der Waals surface area contributed by atoms with E-state index in [1.807, 2.05) is 0 Å². The minimum absolute atomic E-state index is 0.0501. The van der Waals surface area contributed by atoms with Gasteiger partial charge in [-0.2, -0.15) is 0 Å². The van der Waals surface area contributed by atoms with Crippen LogP contribution in [0, 0.1) is 0 Å². The quantitative estimate of drug-likeness (QED) is 0.619. The van der Waals surface area contributed by atoms with Crippen molar-refractivity contribution in [3.05, 3.63) is 70.2 Å². The zero-order valence-corrected chi connectivity index (χ0v) is 18.3. The molecule has 0 unspecified atom stereocenters. The van der Waals surface area contributed by atoms with E-state index in [1.54, 1.807) is 24.3 Å². The molecule has 5 nitrogen and oxygen atoms in total. The largest absolute Gasteiger partial charge is 0.352 e. The average Bonchev–Trinajstić information content (AvgIpc) is 2.78. The maximum atomic E-state index is 12.1. The summed E-state index contributed by atoms with van der Waals surface area (Å²) in [6.45, 7) is 9.29. The standard InChI is InChI=1S/C24H30ClN3O2/c1-2-27-13-15-28(16-14-27)18-20-5-3-19(4-6-20)17-26-24(30)12-11-23(29)21-7-9-22(25)10-8-21/h3-10H,2,11-18H2,1H3,(H,26,30). The van der Waals surface area contributed by atoms with Crippen LogP contribution in [0.3, 0.4) is 0 Å². The lowest BCUT2D eigenvalue weighted by Gasteiger charge is -2.34. The molecule has 0 saturated carbocycles. The number of amides is 1. The lowest BCUT2D eigenvalue weighted by Crippen LogP contribution is -2.45. The van der Waals surface area contributed by atoms with Gasteiger partial charge in [0.15, 0.2) is 5.78 Å².